The number of hydrogen-bond acceptors (Lipinski definition) is 4. The van der Waals surface area contributed by atoms with E-state index in [9.17, 15) is 18.0 Å². The molecule has 8 heteroatoms. The normalized spacial score (nSPS) is 11.1. The maximum absolute atomic E-state index is 12.0. The molecule has 0 aliphatic rings. The minimum atomic E-state index is -4.32. The molecule has 0 saturated heterocycles. The zero-order chi connectivity index (χ0) is 13.8. The molecule has 0 fully saturated rings. The Balaban J connectivity index is 2.69. The molecule has 0 unspecified atom stereocenters. The predicted molar refractivity (Wildman–Crippen MR) is 65.8 cm³/mol. The molecule has 4 nitrogen and oxygen atoms in total. The largest absolute Gasteiger partial charge is 0.405 e. The molecule has 0 bridgehead atoms. The van der Waals surface area contributed by atoms with E-state index in [1.54, 1.807) is 0 Å². The number of amides is 1. The Morgan fingerprint density at radius 3 is 2.78 bits per heavy atom. The molecule has 0 aliphatic carbocycles. The molecule has 0 spiro atoms. The molecule has 100 valence electrons. The van der Waals surface area contributed by atoms with Crippen molar-refractivity contribution >= 4 is 27.9 Å². The van der Waals surface area contributed by atoms with E-state index in [1.807, 2.05) is 0 Å². The van der Waals surface area contributed by atoms with Crippen LogP contribution in [0.4, 0.5) is 23.9 Å². The molecular weight excluding hydrogens is 267 g/mol. The van der Waals surface area contributed by atoms with Gasteiger partial charge in [0.25, 0.3) is 5.91 Å². The number of carbonyl (C=O) groups excluding carboxylic acids is 1. The van der Waals surface area contributed by atoms with Crippen LogP contribution in [0.3, 0.4) is 0 Å². The Kier molecular flexibility index (Phi) is 4.60. The van der Waals surface area contributed by atoms with Crippen LogP contribution >= 0.6 is 11.3 Å². The van der Waals surface area contributed by atoms with Crippen molar-refractivity contribution in [3.63, 3.8) is 0 Å². The van der Waals surface area contributed by atoms with Gasteiger partial charge in [-0.15, -0.1) is 17.9 Å². The Morgan fingerprint density at radius 1 is 1.56 bits per heavy atom. The first-order valence-corrected chi connectivity index (χ1v) is 5.74. The minimum absolute atomic E-state index is 0.145. The number of thiophene rings is 1. The van der Waals surface area contributed by atoms with Crippen LogP contribution in [0.15, 0.2) is 18.7 Å². The molecule has 4 N–H and O–H groups in total. The quantitative estimate of drug-likeness (QED) is 0.724. The fourth-order valence-electron chi connectivity index (χ4n) is 1.10. The number of nitrogens with one attached hydrogen (secondary N) is 2. The van der Waals surface area contributed by atoms with Gasteiger partial charge in [0.05, 0.1) is 10.7 Å². The van der Waals surface area contributed by atoms with Gasteiger partial charge in [-0.05, 0) is 6.07 Å². The lowest BCUT2D eigenvalue weighted by molar-refractivity contribution is -0.115. The van der Waals surface area contributed by atoms with Gasteiger partial charge in [-0.25, -0.2) is 0 Å². The molecule has 1 aromatic rings. The highest BCUT2D eigenvalue weighted by Gasteiger charge is 2.27. The van der Waals surface area contributed by atoms with E-state index in [0.29, 0.717) is 0 Å². The second kappa shape index (κ2) is 5.76. The summed E-state index contributed by atoms with van der Waals surface area (Å²) in [7, 11) is 0. The third-order valence-corrected chi connectivity index (χ3v) is 2.94. The van der Waals surface area contributed by atoms with Gasteiger partial charge in [0.2, 0.25) is 0 Å². The summed E-state index contributed by atoms with van der Waals surface area (Å²) in [6, 6.07) is 1.30. The van der Waals surface area contributed by atoms with Crippen molar-refractivity contribution in [1.82, 2.24) is 5.32 Å². The van der Waals surface area contributed by atoms with Crippen LogP contribution in [0.25, 0.3) is 0 Å². The highest BCUT2D eigenvalue weighted by molar-refractivity contribution is 7.18. The summed E-state index contributed by atoms with van der Waals surface area (Å²) in [6.07, 6.45) is -2.82. The summed E-state index contributed by atoms with van der Waals surface area (Å²) in [6.45, 7) is 2.53. The molecule has 1 heterocycles. The van der Waals surface area contributed by atoms with E-state index in [0.717, 1.165) is 11.3 Å². The van der Waals surface area contributed by atoms with E-state index >= 15 is 0 Å². The summed E-state index contributed by atoms with van der Waals surface area (Å²) in [5, 5.41) is 4.87. The molecular formula is C10H12F3N3OS. The number of halogens is 3. The molecule has 18 heavy (non-hydrogen) atoms. The van der Waals surface area contributed by atoms with Crippen LogP contribution in [0.2, 0.25) is 0 Å². The number of hydrogen-bond donors (Lipinski definition) is 3. The third-order valence-electron chi connectivity index (χ3n) is 1.84. The smallest absolute Gasteiger partial charge is 0.397 e. The van der Waals surface area contributed by atoms with E-state index < -0.39 is 18.6 Å². The molecule has 1 amide bonds. The number of rotatable bonds is 5. The Hall–Kier alpha value is -1.70. The first-order chi connectivity index (χ1) is 8.33. The maximum atomic E-state index is 12.0. The van der Waals surface area contributed by atoms with Crippen molar-refractivity contribution in [3.05, 3.63) is 23.6 Å². The molecule has 0 aromatic carbocycles. The number of nitrogen functional groups attached to an aromatic ring is 1. The Bertz CT molecular complexity index is 442. The molecule has 1 rings (SSSR count). The summed E-state index contributed by atoms with van der Waals surface area (Å²) in [4.78, 5) is 11.7. The first-order valence-electron chi connectivity index (χ1n) is 4.92. The van der Waals surface area contributed by atoms with Crippen molar-refractivity contribution in [2.45, 2.75) is 6.18 Å². The predicted octanol–water partition coefficient (Wildman–Crippen LogP) is 2.22. The van der Waals surface area contributed by atoms with Gasteiger partial charge < -0.3 is 16.4 Å². The molecule has 0 saturated carbocycles. The van der Waals surface area contributed by atoms with Crippen molar-refractivity contribution in [1.29, 1.82) is 0 Å². The maximum Gasteiger partial charge on any atom is 0.405 e. The fourth-order valence-corrected chi connectivity index (χ4v) is 1.99. The lowest BCUT2D eigenvalue weighted by Gasteiger charge is -2.06. The van der Waals surface area contributed by atoms with E-state index in [2.05, 4.69) is 17.2 Å². The lowest BCUT2D eigenvalue weighted by atomic mass is 10.3. The highest BCUT2D eigenvalue weighted by Crippen LogP contribution is 2.30. The lowest BCUT2D eigenvalue weighted by Crippen LogP contribution is -2.23. The summed E-state index contributed by atoms with van der Waals surface area (Å²) >= 11 is 0.876. The van der Waals surface area contributed by atoms with Crippen molar-refractivity contribution in [3.8, 4) is 0 Å². The van der Waals surface area contributed by atoms with E-state index in [-0.39, 0.29) is 22.1 Å². The zero-order valence-electron chi connectivity index (χ0n) is 9.30. The van der Waals surface area contributed by atoms with Crippen molar-refractivity contribution in [2.24, 2.45) is 0 Å². The molecule has 0 atom stereocenters. The van der Waals surface area contributed by atoms with Gasteiger partial charge >= 0.3 is 6.18 Å². The van der Waals surface area contributed by atoms with Gasteiger partial charge in [0, 0.05) is 6.54 Å². The van der Waals surface area contributed by atoms with Gasteiger partial charge in [-0.3, -0.25) is 4.79 Å². The molecule has 1 aromatic heterocycles. The monoisotopic (exact) mass is 279 g/mol. The van der Waals surface area contributed by atoms with Crippen LogP contribution in [0, 0.1) is 0 Å². The van der Waals surface area contributed by atoms with Crippen LogP contribution in [0.5, 0.6) is 0 Å². The third kappa shape index (κ3) is 4.28. The zero-order valence-corrected chi connectivity index (χ0v) is 10.1. The summed E-state index contributed by atoms with van der Waals surface area (Å²) in [5.41, 5.74) is 5.70. The van der Waals surface area contributed by atoms with E-state index in [4.69, 9.17) is 5.73 Å². The Morgan fingerprint density at radius 2 is 2.22 bits per heavy atom. The first kappa shape index (κ1) is 14.4. The average molecular weight is 279 g/mol. The molecule has 0 aliphatic heterocycles. The number of anilines is 2. The van der Waals surface area contributed by atoms with Gasteiger partial charge in [-0.1, -0.05) is 6.08 Å². The summed E-state index contributed by atoms with van der Waals surface area (Å²) in [5.74, 6) is -0.433. The van der Waals surface area contributed by atoms with Gasteiger partial charge in [-0.2, -0.15) is 13.2 Å². The second-order valence-electron chi connectivity index (χ2n) is 3.36. The van der Waals surface area contributed by atoms with Gasteiger partial charge in [0.15, 0.2) is 0 Å². The van der Waals surface area contributed by atoms with Gasteiger partial charge in [0.1, 0.15) is 11.4 Å². The van der Waals surface area contributed by atoms with Crippen LogP contribution in [-0.4, -0.2) is 25.2 Å². The second-order valence-corrected chi connectivity index (χ2v) is 4.41. The van der Waals surface area contributed by atoms with Crippen LogP contribution in [-0.2, 0) is 0 Å². The fraction of sp³-hybridized carbons (Fsp3) is 0.300. The summed E-state index contributed by atoms with van der Waals surface area (Å²) < 4.78 is 36.0. The molecule has 0 radical (unpaired) electrons. The van der Waals surface area contributed by atoms with Crippen LogP contribution < -0.4 is 16.4 Å². The number of nitrogens with two attached hydrogens (primary N) is 1. The van der Waals surface area contributed by atoms with E-state index in [1.165, 1.54) is 12.1 Å². The highest BCUT2D eigenvalue weighted by atomic mass is 32.1. The SMILES string of the molecule is C=CCNC(=O)c1sc(NCC(F)(F)F)cc1N. The topological polar surface area (TPSA) is 67.2 Å². The average Bonchev–Trinajstić information content (AvgIpc) is 2.64. The number of carbonyl (C=O) groups is 1. The standard InChI is InChI=1S/C10H12F3N3OS/c1-2-3-15-9(17)8-6(14)4-7(18-8)16-5-10(11,12)13/h2,4,16H,1,3,5,14H2,(H,15,17). The van der Waals surface area contributed by atoms with Crippen molar-refractivity contribution < 1.29 is 18.0 Å². The minimum Gasteiger partial charge on any atom is -0.397 e. The Labute approximate surface area is 106 Å². The van der Waals surface area contributed by atoms with Crippen LogP contribution in [0.1, 0.15) is 9.67 Å². The van der Waals surface area contributed by atoms with Crippen molar-refractivity contribution in [2.75, 3.05) is 24.1 Å². The number of alkyl halides is 3.